The highest BCUT2D eigenvalue weighted by atomic mass is 35.5. The van der Waals surface area contributed by atoms with E-state index in [-0.39, 0.29) is 10.6 Å². The zero-order valence-corrected chi connectivity index (χ0v) is 11.3. The van der Waals surface area contributed by atoms with Gasteiger partial charge in [0.25, 0.3) is 5.91 Å². The van der Waals surface area contributed by atoms with Gasteiger partial charge in [0.2, 0.25) is 0 Å². The Balaban J connectivity index is 1.91. The van der Waals surface area contributed by atoms with Gasteiger partial charge in [-0.05, 0) is 19.1 Å². The fourth-order valence-corrected chi connectivity index (χ4v) is 2.16. The summed E-state index contributed by atoms with van der Waals surface area (Å²) in [6, 6.07) is 4.13. The van der Waals surface area contributed by atoms with E-state index in [2.05, 4.69) is 5.32 Å². The van der Waals surface area contributed by atoms with Crippen molar-refractivity contribution in [2.24, 2.45) is 0 Å². The average Bonchev–Trinajstić information content (AvgIpc) is 2.76. The maximum absolute atomic E-state index is 13.5. The lowest BCUT2D eigenvalue weighted by atomic mass is 10.2. The average molecular weight is 288 g/mol. The smallest absolute Gasteiger partial charge is 0.255 e. The van der Waals surface area contributed by atoms with E-state index in [1.165, 1.54) is 18.2 Å². The second kappa shape index (κ2) is 5.86. The number of carbonyl (C=O) groups excluding carboxylic acids is 1. The summed E-state index contributed by atoms with van der Waals surface area (Å²) in [4.78, 5) is 11.8. The van der Waals surface area contributed by atoms with Gasteiger partial charge in [-0.25, -0.2) is 4.39 Å². The summed E-state index contributed by atoms with van der Waals surface area (Å²) in [5.41, 5.74) is -0.137. The van der Waals surface area contributed by atoms with Crippen LogP contribution in [-0.2, 0) is 9.47 Å². The van der Waals surface area contributed by atoms with Crippen molar-refractivity contribution in [2.45, 2.75) is 19.1 Å². The van der Waals surface area contributed by atoms with Crippen LogP contribution in [0.3, 0.4) is 0 Å². The third-order valence-corrected chi connectivity index (χ3v) is 3.27. The Morgan fingerprint density at radius 3 is 2.79 bits per heavy atom. The number of ether oxygens (including phenoxy) is 2. The third-order valence-electron chi connectivity index (χ3n) is 2.95. The zero-order valence-electron chi connectivity index (χ0n) is 10.5. The molecular weight excluding hydrogens is 273 g/mol. The number of amides is 1. The molecule has 1 amide bonds. The van der Waals surface area contributed by atoms with Crippen molar-refractivity contribution in [1.29, 1.82) is 0 Å². The van der Waals surface area contributed by atoms with Crippen molar-refractivity contribution in [3.63, 3.8) is 0 Å². The molecule has 19 heavy (non-hydrogen) atoms. The van der Waals surface area contributed by atoms with Crippen LogP contribution in [0, 0.1) is 5.82 Å². The first-order chi connectivity index (χ1) is 9.02. The summed E-state index contributed by atoms with van der Waals surface area (Å²) in [6.07, 6.45) is 0.491. The zero-order chi connectivity index (χ0) is 13.9. The van der Waals surface area contributed by atoms with Gasteiger partial charge in [-0.3, -0.25) is 4.79 Å². The highest BCUT2D eigenvalue weighted by Crippen LogP contribution is 2.22. The van der Waals surface area contributed by atoms with Crippen LogP contribution in [0.5, 0.6) is 0 Å². The molecule has 1 aliphatic heterocycles. The molecule has 0 bridgehead atoms. The molecule has 1 N–H and O–H groups in total. The van der Waals surface area contributed by atoms with Crippen LogP contribution in [0.2, 0.25) is 5.02 Å². The van der Waals surface area contributed by atoms with Crippen LogP contribution < -0.4 is 5.32 Å². The Labute approximate surface area is 115 Å². The minimum Gasteiger partial charge on any atom is -0.352 e. The van der Waals surface area contributed by atoms with E-state index in [9.17, 15) is 9.18 Å². The molecule has 0 aromatic heterocycles. The van der Waals surface area contributed by atoms with Gasteiger partial charge >= 0.3 is 0 Å². The lowest BCUT2D eigenvalue weighted by molar-refractivity contribution is -0.145. The largest absolute Gasteiger partial charge is 0.352 e. The number of hydrogen-bond donors (Lipinski definition) is 1. The lowest BCUT2D eigenvalue weighted by Crippen LogP contribution is -2.34. The molecule has 6 heteroatoms. The summed E-state index contributed by atoms with van der Waals surface area (Å²) < 4.78 is 24.3. The van der Waals surface area contributed by atoms with Crippen LogP contribution in [0.15, 0.2) is 18.2 Å². The number of hydrogen-bond acceptors (Lipinski definition) is 3. The van der Waals surface area contributed by atoms with Crippen molar-refractivity contribution in [1.82, 2.24) is 5.32 Å². The highest BCUT2D eigenvalue weighted by Gasteiger charge is 2.30. The molecule has 1 fully saturated rings. The molecule has 1 heterocycles. The van der Waals surface area contributed by atoms with E-state index < -0.39 is 17.5 Å². The number of nitrogens with one attached hydrogen (secondary N) is 1. The number of rotatable bonds is 4. The first kappa shape index (κ1) is 14.2. The SMILES string of the molecule is CC1(CCNC(=O)c2c(F)cccc2Cl)OCCO1. The van der Waals surface area contributed by atoms with Crippen LogP contribution in [-0.4, -0.2) is 31.5 Å². The quantitative estimate of drug-likeness (QED) is 0.925. The van der Waals surface area contributed by atoms with E-state index >= 15 is 0 Å². The minimum absolute atomic E-state index is 0.0945. The Hall–Kier alpha value is -1.17. The minimum atomic E-state index is -0.674. The van der Waals surface area contributed by atoms with Crippen molar-refractivity contribution >= 4 is 17.5 Å². The van der Waals surface area contributed by atoms with Crippen LogP contribution in [0.1, 0.15) is 23.7 Å². The van der Waals surface area contributed by atoms with Crippen LogP contribution in [0.4, 0.5) is 4.39 Å². The molecule has 0 unspecified atom stereocenters. The molecule has 0 radical (unpaired) electrons. The fourth-order valence-electron chi connectivity index (χ4n) is 1.91. The van der Waals surface area contributed by atoms with Gasteiger partial charge < -0.3 is 14.8 Å². The topological polar surface area (TPSA) is 47.6 Å². The Bertz CT molecular complexity index is 455. The van der Waals surface area contributed by atoms with Gasteiger partial charge in [-0.1, -0.05) is 17.7 Å². The summed E-state index contributed by atoms with van der Waals surface area (Å²) in [6.45, 7) is 3.22. The van der Waals surface area contributed by atoms with Gasteiger partial charge in [0.1, 0.15) is 5.82 Å². The Morgan fingerprint density at radius 1 is 1.47 bits per heavy atom. The second-order valence-corrected chi connectivity index (χ2v) is 4.84. The molecular formula is C13H15ClFNO3. The van der Waals surface area contributed by atoms with Gasteiger partial charge in [0.05, 0.1) is 23.8 Å². The van der Waals surface area contributed by atoms with Crippen molar-refractivity contribution in [2.75, 3.05) is 19.8 Å². The van der Waals surface area contributed by atoms with Gasteiger partial charge in [0, 0.05) is 13.0 Å². The lowest BCUT2D eigenvalue weighted by Gasteiger charge is -2.22. The monoisotopic (exact) mass is 287 g/mol. The molecule has 2 rings (SSSR count). The maximum Gasteiger partial charge on any atom is 0.255 e. The third kappa shape index (κ3) is 3.43. The summed E-state index contributed by atoms with van der Waals surface area (Å²) in [5.74, 6) is -1.85. The predicted molar refractivity (Wildman–Crippen MR) is 68.7 cm³/mol. The highest BCUT2D eigenvalue weighted by molar-refractivity contribution is 6.33. The van der Waals surface area contributed by atoms with Gasteiger partial charge in [-0.2, -0.15) is 0 Å². The summed E-state index contributed by atoms with van der Waals surface area (Å²) in [5, 5.41) is 2.70. The first-order valence-corrected chi connectivity index (χ1v) is 6.40. The van der Waals surface area contributed by atoms with Crippen molar-refractivity contribution < 1.29 is 18.7 Å². The Kier molecular flexibility index (Phi) is 4.39. The number of carbonyl (C=O) groups is 1. The number of benzene rings is 1. The normalized spacial score (nSPS) is 17.4. The molecule has 1 aromatic rings. The Morgan fingerprint density at radius 2 is 2.16 bits per heavy atom. The molecule has 1 aromatic carbocycles. The first-order valence-electron chi connectivity index (χ1n) is 6.02. The van der Waals surface area contributed by atoms with Crippen molar-refractivity contribution in [3.05, 3.63) is 34.6 Å². The fraction of sp³-hybridized carbons (Fsp3) is 0.462. The van der Waals surface area contributed by atoms with Gasteiger partial charge in [-0.15, -0.1) is 0 Å². The molecule has 104 valence electrons. The van der Waals surface area contributed by atoms with E-state index in [1.54, 1.807) is 0 Å². The van der Waals surface area contributed by atoms with E-state index in [0.717, 1.165) is 0 Å². The van der Waals surface area contributed by atoms with Crippen LogP contribution in [0.25, 0.3) is 0 Å². The van der Waals surface area contributed by atoms with E-state index in [1.807, 2.05) is 6.92 Å². The van der Waals surface area contributed by atoms with E-state index in [0.29, 0.717) is 26.2 Å². The molecule has 0 atom stereocenters. The summed E-state index contributed by atoms with van der Waals surface area (Å²) >= 11 is 5.81. The second-order valence-electron chi connectivity index (χ2n) is 4.43. The molecule has 4 nitrogen and oxygen atoms in total. The van der Waals surface area contributed by atoms with Crippen LogP contribution >= 0.6 is 11.6 Å². The molecule has 1 aliphatic rings. The molecule has 0 spiro atoms. The molecule has 0 saturated carbocycles. The number of halogens is 2. The maximum atomic E-state index is 13.5. The van der Waals surface area contributed by atoms with E-state index in [4.69, 9.17) is 21.1 Å². The molecule has 1 saturated heterocycles. The predicted octanol–water partition coefficient (Wildman–Crippen LogP) is 2.36. The summed E-state index contributed by atoms with van der Waals surface area (Å²) in [7, 11) is 0. The van der Waals surface area contributed by atoms with Crippen molar-refractivity contribution in [3.8, 4) is 0 Å². The van der Waals surface area contributed by atoms with Gasteiger partial charge in [0.15, 0.2) is 5.79 Å². The molecule has 0 aliphatic carbocycles. The standard InChI is InChI=1S/C13H15ClFNO3/c1-13(18-7-8-19-13)5-6-16-12(17)11-9(14)3-2-4-10(11)15/h2-4H,5-8H2,1H3,(H,16,17).